The lowest BCUT2D eigenvalue weighted by Crippen LogP contribution is -2.44. The molecule has 2 aromatic carbocycles. The van der Waals surface area contributed by atoms with Crippen LogP contribution in [0, 0.1) is 19.1 Å². The molecule has 0 aliphatic heterocycles. The monoisotopic (exact) mass is 642 g/mol. The minimum Gasteiger partial charge on any atom is -0.618 e. The average molecular weight is 644 g/mol. The van der Waals surface area contributed by atoms with Crippen LogP contribution in [0.5, 0.6) is 11.5 Å². The van der Waals surface area contributed by atoms with Gasteiger partial charge in [0.05, 0.1) is 5.60 Å². The summed E-state index contributed by atoms with van der Waals surface area (Å²) in [5.74, 6) is 0.916. The second-order valence-corrected chi connectivity index (χ2v) is 14.6. The Balaban J connectivity index is 1.88. The summed E-state index contributed by atoms with van der Waals surface area (Å²) in [4.78, 5) is -0.0953. The van der Waals surface area contributed by atoms with Crippen molar-refractivity contribution >= 4 is 26.0 Å². The SMILES string of the molecule is Cc1cc(Br)cc(C)c1Oc1ccc(C(C)(C)O)cc1-c1c2c([n+]([O-])c(C3CCCCC3)c1S(N)(=O)=O)CCCC2. The Kier molecular flexibility index (Phi) is 8.29. The first-order chi connectivity index (χ1) is 19.3. The number of halogens is 1. The maximum absolute atomic E-state index is 14.0. The van der Waals surface area contributed by atoms with Crippen molar-refractivity contribution in [2.45, 2.75) is 102 Å². The van der Waals surface area contributed by atoms with Gasteiger partial charge in [0.25, 0.3) is 0 Å². The molecule has 0 bridgehead atoms. The third-order valence-corrected chi connectivity index (χ3v) is 9.97. The Morgan fingerprint density at radius 3 is 2.27 bits per heavy atom. The highest BCUT2D eigenvalue weighted by molar-refractivity contribution is 9.10. The number of pyridine rings is 1. The molecule has 0 atom stereocenters. The van der Waals surface area contributed by atoms with E-state index in [0.717, 1.165) is 65.3 Å². The summed E-state index contributed by atoms with van der Waals surface area (Å²) >= 11 is 3.54. The van der Waals surface area contributed by atoms with Crippen LogP contribution in [-0.4, -0.2) is 13.5 Å². The normalized spacial score (nSPS) is 16.5. The maximum Gasteiger partial charge on any atom is 0.244 e. The number of fused-ring (bicyclic) bond motifs is 1. The fourth-order valence-electron chi connectivity index (χ4n) is 6.55. The van der Waals surface area contributed by atoms with E-state index in [4.69, 9.17) is 9.88 Å². The fraction of sp³-hybridized carbons (Fsp3) is 0.469. The summed E-state index contributed by atoms with van der Waals surface area (Å²) in [5, 5.41) is 31.0. The molecule has 2 aliphatic rings. The van der Waals surface area contributed by atoms with E-state index in [9.17, 15) is 18.7 Å². The summed E-state index contributed by atoms with van der Waals surface area (Å²) in [5.41, 5.74) is 3.79. The molecule has 0 saturated heterocycles. The smallest absolute Gasteiger partial charge is 0.244 e. The molecule has 1 fully saturated rings. The lowest BCUT2D eigenvalue weighted by Gasteiger charge is -2.29. The van der Waals surface area contributed by atoms with Gasteiger partial charge in [0.15, 0.2) is 10.6 Å². The van der Waals surface area contributed by atoms with Crippen molar-refractivity contribution in [3.63, 3.8) is 0 Å². The molecule has 1 saturated carbocycles. The predicted molar refractivity (Wildman–Crippen MR) is 164 cm³/mol. The number of benzene rings is 2. The van der Waals surface area contributed by atoms with Crippen LogP contribution in [0.25, 0.3) is 11.1 Å². The zero-order valence-electron chi connectivity index (χ0n) is 24.2. The molecule has 5 rings (SSSR count). The van der Waals surface area contributed by atoms with Gasteiger partial charge in [-0.1, -0.05) is 41.3 Å². The van der Waals surface area contributed by atoms with E-state index < -0.39 is 15.6 Å². The third-order valence-electron chi connectivity index (χ3n) is 8.53. The Hall–Kier alpha value is -2.46. The highest BCUT2D eigenvalue weighted by atomic mass is 79.9. The highest BCUT2D eigenvalue weighted by Gasteiger charge is 2.40. The molecule has 0 radical (unpaired) electrons. The number of nitrogens with two attached hydrogens (primary N) is 1. The number of rotatable bonds is 6. The lowest BCUT2D eigenvalue weighted by atomic mass is 9.82. The Morgan fingerprint density at radius 1 is 1.02 bits per heavy atom. The van der Waals surface area contributed by atoms with Crippen molar-refractivity contribution in [1.82, 2.24) is 0 Å². The van der Waals surface area contributed by atoms with Crippen molar-refractivity contribution in [3.05, 3.63) is 73.7 Å². The van der Waals surface area contributed by atoms with Gasteiger partial charge in [-0.2, -0.15) is 4.73 Å². The molecule has 41 heavy (non-hydrogen) atoms. The molecular weight excluding hydrogens is 604 g/mol. The maximum atomic E-state index is 14.0. The summed E-state index contributed by atoms with van der Waals surface area (Å²) in [6.07, 6.45) is 7.25. The van der Waals surface area contributed by atoms with Crippen molar-refractivity contribution in [2.24, 2.45) is 5.14 Å². The van der Waals surface area contributed by atoms with Gasteiger partial charge in [-0.25, -0.2) is 13.6 Å². The van der Waals surface area contributed by atoms with E-state index in [1.165, 1.54) is 0 Å². The van der Waals surface area contributed by atoms with Crippen LogP contribution in [0.1, 0.15) is 98.4 Å². The Bertz CT molecular complexity index is 1580. The van der Waals surface area contributed by atoms with Gasteiger partial charge < -0.3 is 15.1 Å². The molecular formula is C32H39BrN2O5S. The number of aliphatic hydroxyl groups is 1. The van der Waals surface area contributed by atoms with Crippen LogP contribution < -0.4 is 14.6 Å². The first kappa shape index (κ1) is 30.0. The van der Waals surface area contributed by atoms with Gasteiger partial charge in [0.2, 0.25) is 15.7 Å². The summed E-state index contributed by atoms with van der Waals surface area (Å²) in [6.45, 7) is 7.30. The number of nitrogens with zero attached hydrogens (tertiary/aromatic N) is 1. The average Bonchev–Trinajstić information content (AvgIpc) is 2.90. The number of hydrogen-bond donors (Lipinski definition) is 2. The molecule has 0 spiro atoms. The van der Waals surface area contributed by atoms with Crippen LogP contribution in [-0.2, 0) is 28.5 Å². The molecule has 7 nitrogen and oxygen atoms in total. The van der Waals surface area contributed by atoms with Crippen LogP contribution in [0.3, 0.4) is 0 Å². The van der Waals surface area contributed by atoms with E-state index >= 15 is 0 Å². The minimum absolute atomic E-state index is 0.0953. The van der Waals surface area contributed by atoms with Gasteiger partial charge in [-0.3, -0.25) is 0 Å². The Labute approximate surface area is 251 Å². The second-order valence-electron chi connectivity index (χ2n) is 12.1. The number of ether oxygens (including phenoxy) is 1. The second kappa shape index (κ2) is 11.3. The summed E-state index contributed by atoms with van der Waals surface area (Å²) < 4.78 is 35.5. The van der Waals surface area contributed by atoms with Crippen molar-refractivity contribution in [3.8, 4) is 22.6 Å². The molecule has 220 valence electrons. The van der Waals surface area contributed by atoms with E-state index in [1.807, 2.05) is 26.0 Å². The van der Waals surface area contributed by atoms with Crippen LogP contribution >= 0.6 is 15.9 Å². The number of primary sulfonamides is 1. The molecule has 1 aromatic heterocycles. The molecule has 0 amide bonds. The van der Waals surface area contributed by atoms with Crippen molar-refractivity contribution in [1.29, 1.82) is 0 Å². The molecule has 3 N–H and O–H groups in total. The quantitative estimate of drug-likeness (QED) is 0.223. The van der Waals surface area contributed by atoms with Crippen LogP contribution in [0.15, 0.2) is 39.7 Å². The molecule has 0 unspecified atom stereocenters. The summed E-state index contributed by atoms with van der Waals surface area (Å²) in [7, 11) is -4.32. The third kappa shape index (κ3) is 5.91. The topological polar surface area (TPSA) is 117 Å². The standard InChI is InChI=1S/C32H39BrN2O5S/c1-19-16-23(33)17-20(2)30(19)40-27-15-14-22(32(3,4)36)18-25(27)28-24-12-8-9-13-26(24)35(37)29(31(28)41(34,38)39)21-10-6-5-7-11-21/h14-18,21,36H,5-13H2,1-4H3,(H2,34,38,39). The number of aryl methyl sites for hydroxylation is 2. The Morgan fingerprint density at radius 2 is 1.66 bits per heavy atom. The highest BCUT2D eigenvalue weighted by Crippen LogP contribution is 2.47. The minimum atomic E-state index is -4.32. The van der Waals surface area contributed by atoms with E-state index in [0.29, 0.717) is 52.3 Å². The van der Waals surface area contributed by atoms with Crippen molar-refractivity contribution in [2.75, 3.05) is 0 Å². The van der Waals surface area contributed by atoms with E-state index in [2.05, 4.69) is 15.9 Å². The predicted octanol–water partition coefficient (Wildman–Crippen LogP) is 6.96. The van der Waals surface area contributed by atoms with Gasteiger partial charge in [-0.05, 0) is 101 Å². The van der Waals surface area contributed by atoms with Gasteiger partial charge in [-0.15, -0.1) is 0 Å². The van der Waals surface area contributed by atoms with E-state index in [-0.39, 0.29) is 16.5 Å². The first-order valence-corrected chi connectivity index (χ1v) is 16.8. The molecule has 1 heterocycles. The summed E-state index contributed by atoms with van der Waals surface area (Å²) in [6, 6.07) is 9.32. The number of aromatic nitrogens is 1. The number of hydrogen-bond acceptors (Lipinski definition) is 5. The van der Waals surface area contributed by atoms with Crippen LogP contribution in [0.4, 0.5) is 0 Å². The number of sulfonamides is 1. The van der Waals surface area contributed by atoms with Crippen LogP contribution in [0.2, 0.25) is 0 Å². The molecule has 3 aromatic rings. The largest absolute Gasteiger partial charge is 0.618 e. The first-order valence-electron chi connectivity index (χ1n) is 14.4. The zero-order chi connectivity index (χ0) is 29.7. The molecule has 2 aliphatic carbocycles. The van der Waals surface area contributed by atoms with Gasteiger partial charge >= 0.3 is 0 Å². The molecule has 9 heteroatoms. The van der Waals surface area contributed by atoms with Gasteiger partial charge in [0, 0.05) is 33.5 Å². The van der Waals surface area contributed by atoms with Crippen molar-refractivity contribution < 1.29 is 23.0 Å². The zero-order valence-corrected chi connectivity index (χ0v) is 26.6. The van der Waals surface area contributed by atoms with E-state index in [1.54, 1.807) is 32.0 Å². The lowest BCUT2D eigenvalue weighted by molar-refractivity contribution is -0.627. The fourth-order valence-corrected chi connectivity index (χ4v) is 8.29. The van der Waals surface area contributed by atoms with Gasteiger partial charge in [0.1, 0.15) is 11.5 Å².